The topological polar surface area (TPSA) is 40.5 Å². The fourth-order valence-electron chi connectivity index (χ4n) is 2.78. The molecule has 0 unspecified atom stereocenters. The van der Waals surface area contributed by atoms with E-state index in [1.54, 1.807) is 12.1 Å². The summed E-state index contributed by atoms with van der Waals surface area (Å²) in [5.74, 6) is -0.512. The maximum absolute atomic E-state index is 12.9. The number of hydrogen-bond donors (Lipinski definition) is 1. The molecule has 0 spiro atoms. The minimum Gasteiger partial charge on any atom is -0.481 e. The van der Waals surface area contributed by atoms with Crippen molar-refractivity contribution in [1.82, 2.24) is 0 Å². The summed E-state index contributed by atoms with van der Waals surface area (Å²) >= 11 is 0. The minimum atomic E-state index is -0.662. The van der Waals surface area contributed by atoms with Gasteiger partial charge in [-0.1, -0.05) is 0 Å². The van der Waals surface area contributed by atoms with Crippen molar-refractivity contribution >= 4 is 11.7 Å². The molecule has 1 saturated carbocycles. The van der Waals surface area contributed by atoms with Crippen LogP contribution in [0.4, 0.5) is 10.1 Å². The Kier molecular flexibility index (Phi) is 4.40. The van der Waals surface area contributed by atoms with E-state index in [1.165, 1.54) is 12.1 Å². The molecule has 0 amide bonds. The monoisotopic (exact) mass is 265 g/mol. The van der Waals surface area contributed by atoms with E-state index in [0.29, 0.717) is 5.92 Å². The van der Waals surface area contributed by atoms with Crippen molar-refractivity contribution in [2.24, 2.45) is 11.8 Å². The molecule has 3 nitrogen and oxygen atoms in total. The van der Waals surface area contributed by atoms with E-state index >= 15 is 0 Å². The first-order valence-electron chi connectivity index (χ1n) is 6.76. The van der Waals surface area contributed by atoms with Crippen LogP contribution in [0.1, 0.15) is 25.7 Å². The lowest BCUT2D eigenvalue weighted by molar-refractivity contribution is -0.143. The molecule has 0 saturated heterocycles. The molecule has 1 aliphatic rings. The predicted octanol–water partition coefficient (Wildman–Crippen LogP) is 3.15. The van der Waals surface area contributed by atoms with Gasteiger partial charge in [0.1, 0.15) is 5.82 Å². The van der Waals surface area contributed by atoms with Gasteiger partial charge in [0.05, 0.1) is 5.92 Å². The van der Waals surface area contributed by atoms with E-state index in [4.69, 9.17) is 5.11 Å². The summed E-state index contributed by atoms with van der Waals surface area (Å²) in [6.45, 7) is 0.901. The molecule has 2 rings (SSSR count). The van der Waals surface area contributed by atoms with Crippen molar-refractivity contribution in [2.45, 2.75) is 25.7 Å². The highest BCUT2D eigenvalue weighted by molar-refractivity contribution is 5.70. The van der Waals surface area contributed by atoms with Gasteiger partial charge in [-0.3, -0.25) is 4.79 Å². The van der Waals surface area contributed by atoms with Gasteiger partial charge >= 0.3 is 5.97 Å². The molecule has 0 atom stereocenters. The molecule has 0 aliphatic heterocycles. The van der Waals surface area contributed by atoms with Crippen LogP contribution in [0.3, 0.4) is 0 Å². The molecule has 1 aliphatic carbocycles. The third-order valence-corrected chi connectivity index (χ3v) is 4.00. The molecule has 0 aromatic heterocycles. The number of benzene rings is 1. The number of anilines is 1. The Hall–Kier alpha value is -1.58. The Balaban J connectivity index is 1.85. The lowest BCUT2D eigenvalue weighted by atomic mass is 9.82. The number of nitrogens with zero attached hydrogens (tertiary/aromatic N) is 1. The van der Waals surface area contributed by atoms with Crippen LogP contribution < -0.4 is 4.90 Å². The molecule has 1 N–H and O–H groups in total. The molecule has 4 heteroatoms. The fourth-order valence-corrected chi connectivity index (χ4v) is 2.78. The van der Waals surface area contributed by atoms with Crippen LogP contribution >= 0.6 is 0 Å². The van der Waals surface area contributed by atoms with E-state index in [1.807, 2.05) is 7.05 Å². The van der Waals surface area contributed by atoms with Crippen LogP contribution in [0.2, 0.25) is 0 Å². The summed E-state index contributed by atoms with van der Waals surface area (Å²) in [7, 11) is 2.00. The second-order valence-corrected chi connectivity index (χ2v) is 5.41. The van der Waals surface area contributed by atoms with E-state index in [9.17, 15) is 9.18 Å². The smallest absolute Gasteiger partial charge is 0.306 e. The molecular weight excluding hydrogens is 245 g/mol. The van der Waals surface area contributed by atoms with E-state index < -0.39 is 5.97 Å². The Morgan fingerprint density at radius 3 is 2.37 bits per heavy atom. The quantitative estimate of drug-likeness (QED) is 0.909. The molecule has 0 heterocycles. The van der Waals surface area contributed by atoms with E-state index in [-0.39, 0.29) is 11.7 Å². The van der Waals surface area contributed by atoms with Crippen LogP contribution in [0.15, 0.2) is 24.3 Å². The number of aliphatic carboxylic acids is 1. The van der Waals surface area contributed by atoms with E-state index in [0.717, 1.165) is 37.9 Å². The zero-order valence-corrected chi connectivity index (χ0v) is 11.2. The number of halogens is 1. The molecule has 1 fully saturated rings. The summed E-state index contributed by atoms with van der Waals surface area (Å²) in [6.07, 6.45) is 3.47. The molecule has 0 radical (unpaired) electrons. The SMILES string of the molecule is CN(CC1CCC(C(=O)O)CC1)c1ccc(F)cc1. The minimum absolute atomic E-state index is 0.160. The highest BCUT2D eigenvalue weighted by atomic mass is 19.1. The third-order valence-electron chi connectivity index (χ3n) is 4.00. The Labute approximate surface area is 113 Å². The molecule has 0 bridgehead atoms. The van der Waals surface area contributed by atoms with Gasteiger partial charge in [-0.15, -0.1) is 0 Å². The lowest BCUT2D eigenvalue weighted by Gasteiger charge is -2.30. The Bertz CT molecular complexity index is 424. The molecule has 19 heavy (non-hydrogen) atoms. The van der Waals surface area contributed by atoms with Gasteiger partial charge in [0, 0.05) is 19.3 Å². The molecule has 1 aromatic rings. The number of hydrogen-bond acceptors (Lipinski definition) is 2. The third kappa shape index (κ3) is 3.69. The summed E-state index contributed by atoms with van der Waals surface area (Å²) in [5, 5.41) is 8.96. The fraction of sp³-hybridized carbons (Fsp3) is 0.533. The van der Waals surface area contributed by atoms with Crippen LogP contribution in [0.5, 0.6) is 0 Å². The van der Waals surface area contributed by atoms with Crippen LogP contribution in [-0.2, 0) is 4.79 Å². The maximum Gasteiger partial charge on any atom is 0.306 e. The van der Waals surface area contributed by atoms with Gasteiger partial charge in [-0.25, -0.2) is 4.39 Å². The molecular formula is C15H20FNO2. The van der Waals surface area contributed by atoms with Crippen molar-refractivity contribution < 1.29 is 14.3 Å². The van der Waals surface area contributed by atoms with Gasteiger partial charge in [0.2, 0.25) is 0 Å². The summed E-state index contributed by atoms with van der Waals surface area (Å²) < 4.78 is 12.9. The van der Waals surface area contributed by atoms with Crippen LogP contribution in [-0.4, -0.2) is 24.7 Å². The lowest BCUT2D eigenvalue weighted by Crippen LogP contribution is -2.30. The normalized spacial score (nSPS) is 23.1. The van der Waals surface area contributed by atoms with Gasteiger partial charge in [-0.2, -0.15) is 0 Å². The standard InChI is InChI=1S/C15H20FNO2/c1-17(14-8-6-13(16)7-9-14)10-11-2-4-12(5-3-11)15(18)19/h6-9,11-12H,2-5,10H2,1H3,(H,18,19). The van der Waals surface area contributed by atoms with E-state index in [2.05, 4.69) is 4.90 Å². The average molecular weight is 265 g/mol. The Morgan fingerprint density at radius 2 is 1.84 bits per heavy atom. The second-order valence-electron chi connectivity index (χ2n) is 5.41. The average Bonchev–Trinajstić information content (AvgIpc) is 2.40. The van der Waals surface area contributed by atoms with Crippen LogP contribution in [0, 0.1) is 17.7 Å². The molecule has 104 valence electrons. The number of rotatable bonds is 4. The van der Waals surface area contributed by atoms with Gasteiger partial charge in [0.15, 0.2) is 0 Å². The second kappa shape index (κ2) is 6.04. The summed E-state index contributed by atoms with van der Waals surface area (Å²) in [4.78, 5) is 13.0. The van der Waals surface area contributed by atoms with Crippen LogP contribution in [0.25, 0.3) is 0 Å². The number of carbonyl (C=O) groups is 1. The van der Waals surface area contributed by atoms with Gasteiger partial charge in [-0.05, 0) is 55.9 Å². The first kappa shape index (κ1) is 13.8. The zero-order chi connectivity index (χ0) is 13.8. The van der Waals surface area contributed by atoms with Crippen molar-refractivity contribution in [3.8, 4) is 0 Å². The molecule has 1 aromatic carbocycles. The first-order chi connectivity index (χ1) is 9.06. The number of carboxylic acids is 1. The zero-order valence-electron chi connectivity index (χ0n) is 11.2. The summed E-state index contributed by atoms with van der Waals surface area (Å²) in [5.41, 5.74) is 1.00. The van der Waals surface area contributed by atoms with Crippen molar-refractivity contribution in [1.29, 1.82) is 0 Å². The van der Waals surface area contributed by atoms with Crippen molar-refractivity contribution in [3.63, 3.8) is 0 Å². The van der Waals surface area contributed by atoms with Crippen molar-refractivity contribution in [2.75, 3.05) is 18.5 Å². The van der Waals surface area contributed by atoms with Crippen molar-refractivity contribution in [3.05, 3.63) is 30.1 Å². The highest BCUT2D eigenvalue weighted by Gasteiger charge is 2.26. The predicted molar refractivity (Wildman–Crippen MR) is 72.8 cm³/mol. The highest BCUT2D eigenvalue weighted by Crippen LogP contribution is 2.30. The largest absolute Gasteiger partial charge is 0.481 e. The summed E-state index contributed by atoms with van der Waals surface area (Å²) in [6, 6.07) is 6.48. The Morgan fingerprint density at radius 1 is 1.26 bits per heavy atom. The number of carboxylic acid groups (broad SMARTS) is 1. The van der Waals surface area contributed by atoms with Gasteiger partial charge < -0.3 is 10.0 Å². The first-order valence-corrected chi connectivity index (χ1v) is 6.76. The van der Waals surface area contributed by atoms with Gasteiger partial charge in [0.25, 0.3) is 0 Å². The maximum atomic E-state index is 12.9.